The van der Waals surface area contributed by atoms with E-state index in [-0.39, 0.29) is 12.4 Å². The number of aromatic nitrogens is 3. The molecular weight excluding hydrogens is 369 g/mol. The zero-order valence-electron chi connectivity index (χ0n) is 15.6. The summed E-state index contributed by atoms with van der Waals surface area (Å²) in [4.78, 5) is 33.9. The fourth-order valence-corrected chi connectivity index (χ4v) is 2.33. The lowest BCUT2D eigenvalue weighted by molar-refractivity contribution is -0.245. The number of rotatable bonds is 9. The summed E-state index contributed by atoms with van der Waals surface area (Å²) >= 11 is 0. The summed E-state index contributed by atoms with van der Waals surface area (Å²) in [5.41, 5.74) is 0.394. The molecule has 0 spiro atoms. The number of nitrogens with zero attached hydrogens (tertiary/aromatic N) is 4. The van der Waals surface area contributed by atoms with Gasteiger partial charge in [-0.15, -0.1) is 5.10 Å². The average molecular weight is 391 g/mol. The van der Waals surface area contributed by atoms with E-state index >= 15 is 0 Å². The molecule has 2 rings (SSSR count). The first kappa shape index (κ1) is 21.2. The number of carbonyl (C=O) groups is 2. The van der Waals surface area contributed by atoms with Gasteiger partial charge in [0.15, 0.2) is 0 Å². The lowest BCUT2D eigenvalue weighted by Crippen LogP contribution is -2.48. The second-order valence-electron chi connectivity index (χ2n) is 5.92. The van der Waals surface area contributed by atoms with Gasteiger partial charge in [-0.1, -0.05) is 31.2 Å². The minimum Gasteiger partial charge on any atom is -0.335 e. The Labute approximate surface area is 161 Å². The van der Waals surface area contributed by atoms with Gasteiger partial charge >= 0.3 is 0 Å². The number of hydrogen-bond acceptors (Lipinski definition) is 6. The predicted molar refractivity (Wildman–Crippen MR) is 97.6 cm³/mol. The summed E-state index contributed by atoms with van der Waals surface area (Å²) in [5, 5.41) is 15.1. The lowest BCUT2D eigenvalue weighted by atomic mass is 10.2. The fraction of sp³-hybridized carbons (Fsp3) is 0.333. The van der Waals surface area contributed by atoms with Crippen molar-refractivity contribution in [3.8, 4) is 0 Å². The molecule has 0 radical (unpaired) electrons. The van der Waals surface area contributed by atoms with Crippen molar-refractivity contribution in [1.82, 2.24) is 25.0 Å². The third-order valence-electron chi connectivity index (χ3n) is 3.79. The first-order chi connectivity index (χ1) is 13.5. The Morgan fingerprint density at radius 3 is 2.86 bits per heavy atom. The quantitative estimate of drug-likeness (QED) is 0.494. The molecule has 0 aliphatic carbocycles. The van der Waals surface area contributed by atoms with Crippen LogP contribution in [0, 0.1) is 5.82 Å². The maximum absolute atomic E-state index is 13.7. The van der Waals surface area contributed by atoms with Crippen LogP contribution >= 0.6 is 0 Å². The number of allylic oxidation sites excluding steroid dienone is 1. The molecule has 1 atom stereocenters. The second kappa shape index (κ2) is 10.3. The van der Waals surface area contributed by atoms with Crippen LogP contribution < -0.4 is 5.32 Å². The van der Waals surface area contributed by atoms with Gasteiger partial charge in [-0.05, 0) is 12.5 Å². The van der Waals surface area contributed by atoms with Gasteiger partial charge in [0.2, 0.25) is 5.82 Å². The molecule has 1 aromatic heterocycles. The highest BCUT2D eigenvalue weighted by molar-refractivity contribution is 5.94. The van der Waals surface area contributed by atoms with Crippen LogP contribution in [-0.4, -0.2) is 56.4 Å². The molecule has 9 nitrogen and oxygen atoms in total. The standard InChI is InChI=1S/C18H22FN5O4/c1-3-4-9-23(2)18(26)15(11-28-27)21-17(25)16-20-12-24(22-16)10-13-7-5-6-8-14(13)19/h4-9,12,15,27H,3,10-11H2,1-2H3,(H,21,25)/b9-4+. The van der Waals surface area contributed by atoms with Crippen LogP contribution in [0.4, 0.5) is 4.39 Å². The molecule has 0 saturated carbocycles. The van der Waals surface area contributed by atoms with E-state index in [9.17, 15) is 14.0 Å². The SMILES string of the molecule is CC/C=C/N(C)C(=O)C(COO)NC(=O)c1ncn(Cc2ccccc2F)n1. The van der Waals surface area contributed by atoms with Crippen LogP contribution in [0.25, 0.3) is 0 Å². The fourth-order valence-electron chi connectivity index (χ4n) is 2.33. The van der Waals surface area contributed by atoms with E-state index < -0.39 is 30.3 Å². The Bertz CT molecular complexity index is 839. The summed E-state index contributed by atoms with van der Waals surface area (Å²) in [7, 11) is 1.52. The van der Waals surface area contributed by atoms with Gasteiger partial charge in [-0.25, -0.2) is 18.9 Å². The van der Waals surface area contributed by atoms with Crippen molar-refractivity contribution >= 4 is 11.8 Å². The van der Waals surface area contributed by atoms with Gasteiger partial charge in [-0.3, -0.25) is 14.8 Å². The maximum Gasteiger partial charge on any atom is 0.291 e. The summed E-state index contributed by atoms with van der Waals surface area (Å²) < 4.78 is 15.0. The molecule has 0 saturated heterocycles. The number of hydrogen-bond donors (Lipinski definition) is 2. The molecule has 2 aromatic rings. The molecule has 150 valence electrons. The van der Waals surface area contributed by atoms with Gasteiger partial charge in [0.05, 0.1) is 6.54 Å². The Morgan fingerprint density at radius 2 is 2.18 bits per heavy atom. The summed E-state index contributed by atoms with van der Waals surface area (Å²) in [5.74, 6) is -1.80. The van der Waals surface area contributed by atoms with E-state index in [1.54, 1.807) is 30.5 Å². The predicted octanol–water partition coefficient (Wildman–Crippen LogP) is 1.44. The number of carbonyl (C=O) groups excluding carboxylic acids is 2. The van der Waals surface area contributed by atoms with E-state index in [2.05, 4.69) is 20.3 Å². The highest BCUT2D eigenvalue weighted by atomic mass is 19.1. The molecule has 0 aliphatic rings. The maximum atomic E-state index is 13.7. The van der Waals surface area contributed by atoms with Crippen LogP contribution in [0.15, 0.2) is 42.9 Å². The van der Waals surface area contributed by atoms with Crippen molar-refractivity contribution in [2.75, 3.05) is 13.7 Å². The first-order valence-corrected chi connectivity index (χ1v) is 8.59. The van der Waals surface area contributed by atoms with Crippen LogP contribution in [0.3, 0.4) is 0 Å². The minimum atomic E-state index is -1.14. The molecule has 0 fully saturated rings. The van der Waals surface area contributed by atoms with Gasteiger partial charge in [0.25, 0.3) is 11.8 Å². The number of likely N-dealkylation sites (N-methyl/N-ethyl adjacent to an activating group) is 1. The first-order valence-electron chi connectivity index (χ1n) is 8.59. The smallest absolute Gasteiger partial charge is 0.291 e. The number of nitrogens with one attached hydrogen (secondary N) is 1. The molecule has 1 heterocycles. The van der Waals surface area contributed by atoms with Crippen molar-refractivity contribution in [2.45, 2.75) is 25.9 Å². The van der Waals surface area contributed by atoms with E-state index in [1.165, 1.54) is 29.0 Å². The molecule has 10 heteroatoms. The molecule has 1 unspecified atom stereocenters. The van der Waals surface area contributed by atoms with Gasteiger partial charge < -0.3 is 10.2 Å². The Hall–Kier alpha value is -3.11. The minimum absolute atomic E-state index is 0.0968. The molecule has 28 heavy (non-hydrogen) atoms. The summed E-state index contributed by atoms with van der Waals surface area (Å²) in [6, 6.07) is 5.06. The largest absolute Gasteiger partial charge is 0.335 e. The lowest BCUT2D eigenvalue weighted by Gasteiger charge is -2.20. The number of amides is 2. The summed E-state index contributed by atoms with van der Waals surface area (Å²) in [6.07, 6.45) is 5.34. The van der Waals surface area contributed by atoms with Gasteiger partial charge in [-0.2, -0.15) is 0 Å². The van der Waals surface area contributed by atoms with Crippen molar-refractivity contribution < 1.29 is 24.1 Å². The average Bonchev–Trinajstić information content (AvgIpc) is 3.15. The third-order valence-corrected chi connectivity index (χ3v) is 3.79. The Kier molecular flexibility index (Phi) is 7.78. The number of benzene rings is 1. The van der Waals surface area contributed by atoms with Crippen molar-refractivity contribution in [1.29, 1.82) is 0 Å². The molecule has 0 bridgehead atoms. The van der Waals surface area contributed by atoms with E-state index in [0.717, 1.165) is 6.42 Å². The Morgan fingerprint density at radius 1 is 1.43 bits per heavy atom. The monoisotopic (exact) mass is 391 g/mol. The highest BCUT2D eigenvalue weighted by Crippen LogP contribution is 2.08. The Balaban J connectivity index is 2.05. The molecule has 2 N–H and O–H groups in total. The molecule has 1 aromatic carbocycles. The van der Waals surface area contributed by atoms with Crippen LogP contribution in [0.2, 0.25) is 0 Å². The van der Waals surface area contributed by atoms with E-state index in [1.807, 2.05) is 6.92 Å². The summed E-state index contributed by atoms with van der Waals surface area (Å²) in [6.45, 7) is 1.57. The van der Waals surface area contributed by atoms with E-state index in [4.69, 9.17) is 5.26 Å². The zero-order valence-corrected chi connectivity index (χ0v) is 15.6. The van der Waals surface area contributed by atoms with Gasteiger partial charge in [0.1, 0.15) is 24.8 Å². The highest BCUT2D eigenvalue weighted by Gasteiger charge is 2.25. The molecular formula is C18H22FN5O4. The topological polar surface area (TPSA) is 110 Å². The zero-order chi connectivity index (χ0) is 20.5. The van der Waals surface area contributed by atoms with Crippen LogP contribution in [-0.2, 0) is 16.2 Å². The van der Waals surface area contributed by atoms with Gasteiger partial charge in [0, 0.05) is 18.8 Å². The third kappa shape index (κ3) is 5.69. The molecule has 2 amide bonds. The van der Waals surface area contributed by atoms with Crippen LogP contribution in [0.1, 0.15) is 29.5 Å². The second-order valence-corrected chi connectivity index (χ2v) is 5.92. The number of halogens is 1. The van der Waals surface area contributed by atoms with E-state index in [0.29, 0.717) is 5.56 Å². The van der Waals surface area contributed by atoms with Crippen LogP contribution in [0.5, 0.6) is 0 Å². The normalized spacial score (nSPS) is 12.1. The molecule has 0 aliphatic heterocycles. The van der Waals surface area contributed by atoms with Crippen molar-refractivity contribution in [3.05, 3.63) is 60.1 Å². The van der Waals surface area contributed by atoms with Crippen molar-refractivity contribution in [3.63, 3.8) is 0 Å². The van der Waals surface area contributed by atoms with Crippen molar-refractivity contribution in [2.24, 2.45) is 0 Å².